The van der Waals surface area contributed by atoms with Crippen molar-refractivity contribution in [3.05, 3.63) is 47.3 Å². The van der Waals surface area contributed by atoms with Crippen molar-refractivity contribution in [1.29, 1.82) is 0 Å². The van der Waals surface area contributed by atoms with Crippen LogP contribution in [0.3, 0.4) is 0 Å². The summed E-state index contributed by atoms with van der Waals surface area (Å²) in [4.78, 5) is 12.5. The number of rotatable bonds is 3. The fourth-order valence-corrected chi connectivity index (χ4v) is 5.53. The number of halogens is 1. The summed E-state index contributed by atoms with van der Waals surface area (Å²) in [6.45, 7) is 5.40. The van der Waals surface area contributed by atoms with Gasteiger partial charge in [-0.25, -0.2) is 9.18 Å². The predicted molar refractivity (Wildman–Crippen MR) is 90.9 cm³/mol. The summed E-state index contributed by atoms with van der Waals surface area (Å²) in [7, 11) is 0. The van der Waals surface area contributed by atoms with E-state index in [0.717, 1.165) is 37.2 Å². The van der Waals surface area contributed by atoms with Crippen molar-refractivity contribution in [2.75, 3.05) is 0 Å². The van der Waals surface area contributed by atoms with Crippen LogP contribution in [-0.4, -0.2) is 5.97 Å². The van der Waals surface area contributed by atoms with Crippen LogP contribution in [0.1, 0.15) is 56.6 Å². The average Bonchev–Trinajstić information content (AvgIpc) is 3.18. The molecule has 0 heterocycles. The largest absolute Gasteiger partial charge is 0.450 e. The van der Waals surface area contributed by atoms with E-state index in [2.05, 4.69) is 6.58 Å². The Balaban J connectivity index is 1.84. The van der Waals surface area contributed by atoms with Gasteiger partial charge in [0.05, 0.1) is 0 Å². The number of esters is 1. The number of carbonyl (C=O) groups is 1. The first-order valence-corrected chi connectivity index (χ1v) is 9.18. The molecule has 4 rings (SSSR count). The predicted octanol–water partition coefficient (Wildman–Crippen LogP) is 4.91. The fourth-order valence-electron chi connectivity index (χ4n) is 5.53. The van der Waals surface area contributed by atoms with Gasteiger partial charge in [-0.05, 0) is 68.9 Å². The number of hydrogen-bond acceptors (Lipinski definition) is 2. The standard InChI is InChI=1S/C21H25FO2/c1-13(2)20(23)24-21(17-12-14-8-9-16(17)11-14)10-4-6-15-5-3-7-18(22)19(15)21/h3,5,7,14,16-17H,1,4,6,8-12H2,2H3. The van der Waals surface area contributed by atoms with Crippen molar-refractivity contribution in [2.45, 2.75) is 57.5 Å². The molecule has 3 aliphatic carbocycles. The van der Waals surface area contributed by atoms with Crippen molar-refractivity contribution in [1.82, 2.24) is 0 Å². The molecule has 2 nitrogen and oxygen atoms in total. The van der Waals surface area contributed by atoms with Gasteiger partial charge in [-0.15, -0.1) is 0 Å². The van der Waals surface area contributed by atoms with Crippen LogP contribution < -0.4 is 0 Å². The number of fused-ring (bicyclic) bond motifs is 3. The highest BCUT2D eigenvalue weighted by Gasteiger charge is 2.56. The Morgan fingerprint density at radius 2 is 2.17 bits per heavy atom. The van der Waals surface area contributed by atoms with Crippen LogP contribution >= 0.6 is 0 Å². The van der Waals surface area contributed by atoms with Gasteiger partial charge in [0.25, 0.3) is 0 Å². The van der Waals surface area contributed by atoms with Gasteiger partial charge in [-0.3, -0.25) is 0 Å². The van der Waals surface area contributed by atoms with Gasteiger partial charge in [0, 0.05) is 17.1 Å². The van der Waals surface area contributed by atoms with Crippen LogP contribution in [0.25, 0.3) is 0 Å². The summed E-state index contributed by atoms with van der Waals surface area (Å²) < 4.78 is 21.0. The van der Waals surface area contributed by atoms with Crippen molar-refractivity contribution < 1.29 is 13.9 Å². The van der Waals surface area contributed by atoms with E-state index in [4.69, 9.17) is 4.74 Å². The summed E-state index contributed by atoms with van der Waals surface area (Å²) in [6.07, 6.45) is 7.26. The molecule has 2 fully saturated rings. The monoisotopic (exact) mass is 328 g/mol. The molecule has 128 valence electrons. The third kappa shape index (κ3) is 2.32. The molecule has 3 aliphatic rings. The minimum Gasteiger partial charge on any atom is -0.450 e. The van der Waals surface area contributed by atoms with Crippen LogP contribution in [0.5, 0.6) is 0 Å². The highest BCUT2D eigenvalue weighted by atomic mass is 19.1. The van der Waals surface area contributed by atoms with Crippen molar-refractivity contribution in [2.24, 2.45) is 17.8 Å². The fraction of sp³-hybridized carbons (Fsp3) is 0.571. The van der Waals surface area contributed by atoms with E-state index in [1.54, 1.807) is 13.0 Å². The van der Waals surface area contributed by atoms with Crippen LogP contribution in [0.4, 0.5) is 4.39 Å². The van der Waals surface area contributed by atoms with Gasteiger partial charge >= 0.3 is 5.97 Å². The molecule has 0 amide bonds. The maximum atomic E-state index is 14.9. The third-order valence-electron chi connectivity index (χ3n) is 6.48. The molecule has 0 saturated heterocycles. The van der Waals surface area contributed by atoms with Crippen molar-refractivity contribution in [3.63, 3.8) is 0 Å². The molecular weight excluding hydrogens is 303 g/mol. The molecule has 0 radical (unpaired) electrons. The number of carbonyl (C=O) groups excluding carboxylic acids is 1. The Morgan fingerprint density at radius 1 is 1.33 bits per heavy atom. The van der Waals surface area contributed by atoms with Gasteiger partial charge < -0.3 is 4.74 Å². The second-order valence-electron chi connectivity index (χ2n) is 7.97. The SMILES string of the molecule is C=C(C)C(=O)OC1(C2CC3CCC2C3)CCCc2cccc(F)c21. The first-order chi connectivity index (χ1) is 11.5. The van der Waals surface area contributed by atoms with Crippen molar-refractivity contribution in [3.8, 4) is 0 Å². The Bertz CT molecular complexity index is 695. The van der Waals surface area contributed by atoms with E-state index in [9.17, 15) is 9.18 Å². The summed E-state index contributed by atoms with van der Waals surface area (Å²) in [5, 5.41) is 0. The van der Waals surface area contributed by atoms with E-state index in [1.807, 2.05) is 6.07 Å². The molecule has 0 spiro atoms. The topological polar surface area (TPSA) is 26.3 Å². The third-order valence-corrected chi connectivity index (χ3v) is 6.48. The molecule has 1 aromatic rings. The second kappa shape index (κ2) is 5.72. The van der Waals surface area contributed by atoms with E-state index < -0.39 is 5.60 Å². The van der Waals surface area contributed by atoms with Gasteiger partial charge in [0.2, 0.25) is 0 Å². The zero-order valence-corrected chi connectivity index (χ0v) is 14.3. The first kappa shape index (κ1) is 15.9. The Hall–Kier alpha value is -1.64. The lowest BCUT2D eigenvalue weighted by Gasteiger charge is -2.46. The minimum absolute atomic E-state index is 0.218. The number of hydrogen-bond donors (Lipinski definition) is 0. The molecule has 1 aromatic carbocycles. The van der Waals surface area contributed by atoms with Gasteiger partial charge in [0.15, 0.2) is 0 Å². The zero-order chi connectivity index (χ0) is 16.9. The number of ether oxygens (including phenoxy) is 1. The normalized spacial score (nSPS) is 34.0. The minimum atomic E-state index is -0.797. The molecule has 0 aromatic heterocycles. The van der Waals surface area contributed by atoms with Crippen LogP contribution in [0, 0.1) is 23.6 Å². The molecule has 3 heteroatoms. The highest BCUT2D eigenvalue weighted by molar-refractivity contribution is 5.87. The maximum absolute atomic E-state index is 14.9. The van der Waals surface area contributed by atoms with E-state index in [1.165, 1.54) is 25.3 Å². The van der Waals surface area contributed by atoms with Crippen LogP contribution in [-0.2, 0) is 21.6 Å². The first-order valence-electron chi connectivity index (χ1n) is 9.18. The summed E-state index contributed by atoms with van der Waals surface area (Å²) in [5.41, 5.74) is 1.26. The molecule has 0 aliphatic heterocycles. The molecule has 4 unspecified atom stereocenters. The van der Waals surface area contributed by atoms with Gasteiger partial charge in [-0.1, -0.05) is 25.1 Å². The summed E-state index contributed by atoms with van der Waals surface area (Å²) in [5.74, 6) is 0.921. The molecule has 2 bridgehead atoms. The van der Waals surface area contributed by atoms with Crippen molar-refractivity contribution >= 4 is 5.97 Å². The number of benzene rings is 1. The van der Waals surface area contributed by atoms with E-state index in [-0.39, 0.29) is 17.7 Å². The second-order valence-corrected chi connectivity index (χ2v) is 7.97. The maximum Gasteiger partial charge on any atom is 0.334 e. The lowest BCUT2D eigenvalue weighted by atomic mass is 9.66. The van der Waals surface area contributed by atoms with Gasteiger partial charge in [-0.2, -0.15) is 0 Å². The molecular formula is C21H25FO2. The van der Waals surface area contributed by atoms with Crippen LogP contribution in [0.15, 0.2) is 30.4 Å². The quantitative estimate of drug-likeness (QED) is 0.582. The molecule has 2 saturated carbocycles. The zero-order valence-electron chi connectivity index (χ0n) is 14.3. The Morgan fingerprint density at radius 3 is 2.83 bits per heavy atom. The lowest BCUT2D eigenvalue weighted by Crippen LogP contribution is -2.45. The van der Waals surface area contributed by atoms with Gasteiger partial charge in [0.1, 0.15) is 11.4 Å². The lowest BCUT2D eigenvalue weighted by molar-refractivity contribution is -0.170. The number of aryl methyl sites for hydroxylation is 1. The molecule has 24 heavy (non-hydrogen) atoms. The van der Waals surface area contributed by atoms with E-state index in [0.29, 0.717) is 17.1 Å². The summed E-state index contributed by atoms with van der Waals surface area (Å²) in [6, 6.07) is 5.28. The Labute approximate surface area is 143 Å². The summed E-state index contributed by atoms with van der Waals surface area (Å²) >= 11 is 0. The van der Waals surface area contributed by atoms with E-state index >= 15 is 0 Å². The molecule has 4 atom stereocenters. The van der Waals surface area contributed by atoms with Crippen LogP contribution in [0.2, 0.25) is 0 Å². The highest BCUT2D eigenvalue weighted by Crippen LogP contribution is 2.59. The molecule has 0 N–H and O–H groups in total. The Kier molecular flexibility index (Phi) is 3.78. The smallest absolute Gasteiger partial charge is 0.334 e. The average molecular weight is 328 g/mol.